The van der Waals surface area contributed by atoms with Crippen molar-refractivity contribution in [2.24, 2.45) is 17.8 Å². The third-order valence-corrected chi connectivity index (χ3v) is 4.00. The molecular formula is C14H16O2. The summed E-state index contributed by atoms with van der Waals surface area (Å²) in [5.41, 5.74) is 0. The summed E-state index contributed by atoms with van der Waals surface area (Å²) >= 11 is 0. The molecule has 0 aliphatic heterocycles. The number of hydrogen-bond donors (Lipinski definition) is 0. The number of ether oxygens (including phenoxy) is 1. The maximum Gasteiger partial charge on any atom is 0.314 e. The van der Waals surface area contributed by atoms with Crippen molar-refractivity contribution in [3.05, 3.63) is 30.3 Å². The fraction of sp³-hybridized carbons (Fsp3) is 0.500. The van der Waals surface area contributed by atoms with Crippen LogP contribution in [-0.2, 0) is 4.79 Å². The van der Waals surface area contributed by atoms with Gasteiger partial charge in [-0.3, -0.25) is 4.79 Å². The zero-order valence-corrected chi connectivity index (χ0v) is 9.26. The summed E-state index contributed by atoms with van der Waals surface area (Å²) in [5, 5.41) is 0. The quantitative estimate of drug-likeness (QED) is 0.561. The van der Waals surface area contributed by atoms with Crippen LogP contribution in [-0.4, -0.2) is 5.97 Å². The smallest absolute Gasteiger partial charge is 0.314 e. The van der Waals surface area contributed by atoms with Crippen molar-refractivity contribution in [2.45, 2.75) is 25.7 Å². The highest BCUT2D eigenvalue weighted by Gasteiger charge is 2.43. The topological polar surface area (TPSA) is 26.3 Å². The Hall–Kier alpha value is -1.31. The molecule has 0 N–H and O–H groups in total. The number of rotatable bonds is 2. The Morgan fingerprint density at radius 2 is 1.94 bits per heavy atom. The van der Waals surface area contributed by atoms with Gasteiger partial charge in [0.25, 0.3) is 0 Å². The van der Waals surface area contributed by atoms with E-state index in [2.05, 4.69) is 0 Å². The molecule has 0 amide bonds. The second-order valence-electron chi connectivity index (χ2n) is 5.02. The summed E-state index contributed by atoms with van der Waals surface area (Å²) in [5.74, 6) is 2.21. The minimum absolute atomic E-state index is 0.0154. The molecule has 16 heavy (non-hydrogen) atoms. The molecule has 0 radical (unpaired) electrons. The Balaban J connectivity index is 1.66. The van der Waals surface area contributed by atoms with Crippen LogP contribution in [0.2, 0.25) is 0 Å². The van der Waals surface area contributed by atoms with E-state index >= 15 is 0 Å². The van der Waals surface area contributed by atoms with Gasteiger partial charge in [-0.1, -0.05) is 24.6 Å². The van der Waals surface area contributed by atoms with Crippen LogP contribution in [0.5, 0.6) is 5.75 Å². The van der Waals surface area contributed by atoms with Crippen molar-refractivity contribution in [1.82, 2.24) is 0 Å². The van der Waals surface area contributed by atoms with E-state index in [9.17, 15) is 4.79 Å². The van der Waals surface area contributed by atoms with E-state index in [0.29, 0.717) is 11.7 Å². The molecule has 84 valence electrons. The van der Waals surface area contributed by atoms with E-state index in [-0.39, 0.29) is 11.9 Å². The standard InChI is InChI=1S/C14H16O2/c15-14(16-12-4-2-1-3-5-12)13-9-10-6-7-11(13)8-10/h1-5,10-11,13H,6-9H2/t10?,11?,13-/m1/s1. The summed E-state index contributed by atoms with van der Waals surface area (Å²) in [6.45, 7) is 0. The summed E-state index contributed by atoms with van der Waals surface area (Å²) in [7, 11) is 0. The minimum atomic E-state index is -0.0154. The fourth-order valence-corrected chi connectivity index (χ4v) is 3.21. The van der Waals surface area contributed by atoms with Crippen molar-refractivity contribution in [2.75, 3.05) is 0 Å². The zero-order chi connectivity index (χ0) is 11.0. The van der Waals surface area contributed by atoms with Crippen LogP contribution in [0.15, 0.2) is 30.3 Å². The first-order valence-electron chi connectivity index (χ1n) is 6.09. The molecule has 2 aliphatic rings. The Kier molecular flexibility index (Phi) is 2.43. The third-order valence-electron chi connectivity index (χ3n) is 4.00. The van der Waals surface area contributed by atoms with Crippen LogP contribution < -0.4 is 4.74 Å². The maximum atomic E-state index is 12.0. The van der Waals surface area contributed by atoms with Gasteiger partial charge in [-0.25, -0.2) is 0 Å². The highest BCUT2D eigenvalue weighted by molar-refractivity contribution is 5.76. The summed E-state index contributed by atoms with van der Waals surface area (Å²) < 4.78 is 5.41. The highest BCUT2D eigenvalue weighted by atomic mass is 16.5. The third kappa shape index (κ3) is 1.73. The van der Waals surface area contributed by atoms with Crippen molar-refractivity contribution >= 4 is 5.97 Å². The summed E-state index contributed by atoms with van der Waals surface area (Å²) in [4.78, 5) is 12.0. The van der Waals surface area contributed by atoms with Gasteiger partial charge in [0, 0.05) is 0 Å². The van der Waals surface area contributed by atoms with Gasteiger partial charge in [0.15, 0.2) is 0 Å². The number of benzene rings is 1. The van der Waals surface area contributed by atoms with E-state index in [1.54, 1.807) is 0 Å². The summed E-state index contributed by atoms with van der Waals surface area (Å²) in [6.07, 6.45) is 4.84. The Morgan fingerprint density at radius 3 is 2.56 bits per heavy atom. The van der Waals surface area contributed by atoms with Gasteiger partial charge in [-0.2, -0.15) is 0 Å². The highest BCUT2D eigenvalue weighted by Crippen LogP contribution is 2.48. The largest absolute Gasteiger partial charge is 0.426 e. The predicted molar refractivity (Wildman–Crippen MR) is 61.0 cm³/mol. The molecule has 3 atom stereocenters. The predicted octanol–water partition coefficient (Wildman–Crippen LogP) is 3.03. The van der Waals surface area contributed by atoms with Gasteiger partial charge < -0.3 is 4.74 Å². The summed E-state index contributed by atoms with van der Waals surface area (Å²) in [6, 6.07) is 9.39. The first-order valence-corrected chi connectivity index (χ1v) is 6.09. The number of para-hydroxylation sites is 1. The molecule has 2 nitrogen and oxygen atoms in total. The van der Waals surface area contributed by atoms with Crippen molar-refractivity contribution in [3.8, 4) is 5.75 Å². The molecule has 2 aliphatic carbocycles. The van der Waals surface area contributed by atoms with Crippen LogP contribution in [0.3, 0.4) is 0 Å². The van der Waals surface area contributed by atoms with Gasteiger partial charge >= 0.3 is 5.97 Å². The molecular weight excluding hydrogens is 200 g/mol. The molecule has 1 aromatic carbocycles. The normalized spacial score (nSPS) is 31.6. The molecule has 1 aromatic rings. The van der Waals surface area contributed by atoms with Crippen molar-refractivity contribution < 1.29 is 9.53 Å². The number of carbonyl (C=O) groups is 1. The first kappa shape index (κ1) is 9.88. The Labute approximate surface area is 95.6 Å². The lowest BCUT2D eigenvalue weighted by Crippen LogP contribution is -2.25. The van der Waals surface area contributed by atoms with Crippen LogP contribution >= 0.6 is 0 Å². The van der Waals surface area contributed by atoms with E-state index < -0.39 is 0 Å². The molecule has 0 spiro atoms. The number of esters is 1. The second-order valence-corrected chi connectivity index (χ2v) is 5.02. The second kappa shape index (κ2) is 3.93. The lowest BCUT2D eigenvalue weighted by atomic mass is 9.89. The Bertz CT molecular complexity index is 385. The minimum Gasteiger partial charge on any atom is -0.426 e. The van der Waals surface area contributed by atoms with Gasteiger partial charge in [0.05, 0.1) is 5.92 Å². The monoisotopic (exact) mass is 216 g/mol. The molecule has 2 heteroatoms. The number of hydrogen-bond acceptors (Lipinski definition) is 2. The zero-order valence-electron chi connectivity index (χ0n) is 9.26. The average Bonchev–Trinajstić information content (AvgIpc) is 2.92. The van der Waals surface area contributed by atoms with E-state index in [1.807, 2.05) is 30.3 Å². The van der Waals surface area contributed by atoms with Crippen LogP contribution in [0, 0.1) is 17.8 Å². The van der Waals surface area contributed by atoms with Crippen LogP contribution in [0.25, 0.3) is 0 Å². The van der Waals surface area contributed by atoms with Crippen LogP contribution in [0.1, 0.15) is 25.7 Å². The molecule has 0 aromatic heterocycles. The van der Waals surface area contributed by atoms with Gasteiger partial charge in [-0.05, 0) is 43.2 Å². The molecule has 3 rings (SSSR count). The number of fused-ring (bicyclic) bond motifs is 2. The molecule has 2 fully saturated rings. The van der Waals surface area contributed by atoms with Crippen molar-refractivity contribution in [1.29, 1.82) is 0 Å². The molecule has 0 heterocycles. The lowest BCUT2D eigenvalue weighted by Gasteiger charge is -2.19. The van der Waals surface area contributed by atoms with Crippen molar-refractivity contribution in [3.63, 3.8) is 0 Å². The Morgan fingerprint density at radius 1 is 1.12 bits per heavy atom. The van der Waals surface area contributed by atoms with Gasteiger partial charge in [0.1, 0.15) is 5.75 Å². The molecule has 2 bridgehead atoms. The number of carbonyl (C=O) groups excluding carboxylic acids is 1. The lowest BCUT2D eigenvalue weighted by molar-refractivity contribution is -0.140. The molecule has 2 unspecified atom stereocenters. The van der Waals surface area contributed by atoms with E-state index in [4.69, 9.17) is 4.74 Å². The first-order chi connectivity index (χ1) is 7.83. The maximum absolute atomic E-state index is 12.0. The van der Waals surface area contributed by atoms with Gasteiger partial charge in [0.2, 0.25) is 0 Å². The average molecular weight is 216 g/mol. The van der Waals surface area contributed by atoms with E-state index in [1.165, 1.54) is 19.3 Å². The fourth-order valence-electron chi connectivity index (χ4n) is 3.21. The molecule has 2 saturated carbocycles. The van der Waals surface area contributed by atoms with Gasteiger partial charge in [-0.15, -0.1) is 0 Å². The van der Waals surface area contributed by atoms with Crippen LogP contribution in [0.4, 0.5) is 0 Å². The molecule has 0 saturated heterocycles. The SMILES string of the molecule is O=C(Oc1ccccc1)[C@@H]1CC2CCC1C2. The van der Waals surface area contributed by atoms with E-state index in [0.717, 1.165) is 12.3 Å².